The molecule has 2 rings (SSSR count). The van der Waals surface area contributed by atoms with E-state index >= 15 is 0 Å². The highest BCUT2D eigenvalue weighted by Gasteiger charge is 2.22. The molecule has 1 aromatic rings. The van der Waals surface area contributed by atoms with E-state index in [-0.39, 0.29) is 0 Å². The highest BCUT2D eigenvalue weighted by molar-refractivity contribution is 9.10. The number of benzene rings is 1. The van der Waals surface area contributed by atoms with Gasteiger partial charge in [-0.3, -0.25) is 9.59 Å². The van der Waals surface area contributed by atoms with Gasteiger partial charge in [0.1, 0.15) is 5.75 Å². The number of ether oxygens (including phenoxy) is 1. The second kappa shape index (κ2) is 7.93. The second-order valence-electron chi connectivity index (χ2n) is 4.94. The van der Waals surface area contributed by atoms with E-state index in [1.807, 2.05) is 6.07 Å². The van der Waals surface area contributed by atoms with E-state index in [0.29, 0.717) is 24.4 Å². The van der Waals surface area contributed by atoms with Gasteiger partial charge in [-0.05, 0) is 37.5 Å². The first-order valence-corrected chi connectivity index (χ1v) is 7.87. The summed E-state index contributed by atoms with van der Waals surface area (Å²) in [6, 6.07) is 5.43. The van der Waals surface area contributed by atoms with Gasteiger partial charge >= 0.3 is 11.8 Å². The molecule has 1 aromatic carbocycles. The Morgan fingerprint density at radius 2 is 2.05 bits per heavy atom. The van der Waals surface area contributed by atoms with Crippen LogP contribution >= 0.6 is 15.9 Å². The van der Waals surface area contributed by atoms with Crippen molar-refractivity contribution in [2.24, 2.45) is 5.10 Å². The van der Waals surface area contributed by atoms with Crippen LogP contribution in [0.1, 0.15) is 24.8 Å². The molecule has 0 saturated carbocycles. The first kappa shape index (κ1) is 16.5. The molecule has 1 saturated heterocycles. The van der Waals surface area contributed by atoms with Gasteiger partial charge in [0.15, 0.2) is 0 Å². The van der Waals surface area contributed by atoms with Crippen molar-refractivity contribution in [1.82, 2.24) is 10.3 Å². The lowest BCUT2D eigenvalue weighted by atomic mass is 10.1. The minimum Gasteiger partial charge on any atom is -0.496 e. The van der Waals surface area contributed by atoms with Gasteiger partial charge < -0.3 is 9.64 Å². The molecule has 1 N–H and O–H groups in total. The number of hydrogen-bond donors (Lipinski definition) is 1. The number of halogens is 1. The number of hydrazone groups is 1. The normalized spacial score (nSPS) is 14.9. The minimum absolute atomic E-state index is 0.530. The van der Waals surface area contributed by atoms with E-state index in [0.717, 1.165) is 23.7 Å². The lowest BCUT2D eigenvalue weighted by molar-refractivity contribution is -0.146. The number of methoxy groups -OCH3 is 1. The van der Waals surface area contributed by atoms with Crippen molar-refractivity contribution in [3.8, 4) is 5.75 Å². The SMILES string of the molecule is COc1ccc(Br)cc1/C=N/NC(=O)C(=O)N1CCCCC1. The van der Waals surface area contributed by atoms with Gasteiger partial charge in [0.25, 0.3) is 0 Å². The van der Waals surface area contributed by atoms with Crippen molar-refractivity contribution in [3.63, 3.8) is 0 Å². The molecular weight excluding hydrogens is 350 g/mol. The maximum atomic E-state index is 11.9. The summed E-state index contributed by atoms with van der Waals surface area (Å²) in [6.07, 6.45) is 4.44. The zero-order chi connectivity index (χ0) is 15.9. The molecule has 0 radical (unpaired) electrons. The summed E-state index contributed by atoms with van der Waals surface area (Å²) < 4.78 is 6.07. The van der Waals surface area contributed by atoms with E-state index in [9.17, 15) is 9.59 Å². The van der Waals surface area contributed by atoms with E-state index in [1.165, 1.54) is 6.21 Å². The van der Waals surface area contributed by atoms with E-state index < -0.39 is 11.8 Å². The summed E-state index contributed by atoms with van der Waals surface area (Å²) in [4.78, 5) is 25.3. The number of nitrogens with one attached hydrogen (secondary N) is 1. The lowest BCUT2D eigenvalue weighted by Gasteiger charge is -2.25. The van der Waals surface area contributed by atoms with Crippen molar-refractivity contribution in [1.29, 1.82) is 0 Å². The van der Waals surface area contributed by atoms with Gasteiger partial charge in [0, 0.05) is 23.1 Å². The summed E-state index contributed by atoms with van der Waals surface area (Å²) in [5.41, 5.74) is 2.96. The zero-order valence-corrected chi connectivity index (χ0v) is 13.9. The molecular formula is C15H18BrN3O3. The maximum absolute atomic E-state index is 11.9. The number of amides is 2. The van der Waals surface area contributed by atoms with Crippen molar-refractivity contribution in [2.45, 2.75) is 19.3 Å². The molecule has 0 aromatic heterocycles. The fourth-order valence-electron chi connectivity index (χ4n) is 2.25. The molecule has 118 valence electrons. The third-order valence-electron chi connectivity index (χ3n) is 3.40. The van der Waals surface area contributed by atoms with E-state index in [1.54, 1.807) is 24.1 Å². The molecule has 0 aliphatic carbocycles. The number of nitrogens with zero attached hydrogens (tertiary/aromatic N) is 2. The average Bonchev–Trinajstić information content (AvgIpc) is 2.55. The van der Waals surface area contributed by atoms with Crippen LogP contribution in [0.2, 0.25) is 0 Å². The standard InChI is InChI=1S/C15H18BrN3O3/c1-22-13-6-5-12(16)9-11(13)10-17-18-14(20)15(21)19-7-3-2-4-8-19/h5-6,9-10H,2-4,7-8H2,1H3,(H,18,20)/b17-10+. The number of carbonyl (C=O) groups excluding carboxylic acids is 2. The number of piperidine rings is 1. The predicted octanol–water partition coefficient (Wildman–Crippen LogP) is 1.92. The Kier molecular flexibility index (Phi) is 5.94. The quantitative estimate of drug-likeness (QED) is 0.504. The van der Waals surface area contributed by atoms with Crippen LogP contribution in [0.15, 0.2) is 27.8 Å². The van der Waals surface area contributed by atoms with Gasteiger partial charge in [-0.1, -0.05) is 15.9 Å². The van der Waals surface area contributed by atoms with Crippen LogP contribution in [0.5, 0.6) is 5.75 Å². The van der Waals surface area contributed by atoms with E-state index in [4.69, 9.17) is 4.74 Å². The monoisotopic (exact) mass is 367 g/mol. The summed E-state index contributed by atoms with van der Waals surface area (Å²) in [7, 11) is 1.55. The van der Waals surface area contributed by atoms with Crippen LogP contribution in [0.3, 0.4) is 0 Å². The van der Waals surface area contributed by atoms with Gasteiger partial charge in [-0.25, -0.2) is 5.43 Å². The fourth-order valence-corrected chi connectivity index (χ4v) is 2.63. The van der Waals surface area contributed by atoms with Crippen LogP contribution in [-0.4, -0.2) is 43.1 Å². The summed E-state index contributed by atoms with van der Waals surface area (Å²) in [5.74, 6) is -0.617. The zero-order valence-electron chi connectivity index (χ0n) is 12.3. The highest BCUT2D eigenvalue weighted by atomic mass is 79.9. The molecule has 1 aliphatic rings. The van der Waals surface area contributed by atoms with Gasteiger partial charge in [-0.15, -0.1) is 0 Å². The average molecular weight is 368 g/mol. The number of hydrogen-bond acceptors (Lipinski definition) is 4. The Morgan fingerprint density at radius 3 is 2.73 bits per heavy atom. The maximum Gasteiger partial charge on any atom is 0.329 e. The molecule has 1 fully saturated rings. The van der Waals surface area contributed by atoms with Crippen LogP contribution in [-0.2, 0) is 9.59 Å². The summed E-state index contributed by atoms with van der Waals surface area (Å²) >= 11 is 3.36. The van der Waals surface area contributed by atoms with Crippen LogP contribution in [0.4, 0.5) is 0 Å². The van der Waals surface area contributed by atoms with E-state index in [2.05, 4.69) is 26.5 Å². The Labute approximate surface area is 137 Å². The van der Waals surface area contributed by atoms with Crippen LogP contribution in [0.25, 0.3) is 0 Å². The summed E-state index contributed by atoms with van der Waals surface area (Å²) in [5, 5.41) is 3.83. The van der Waals surface area contributed by atoms with Crippen molar-refractivity contribution in [2.75, 3.05) is 20.2 Å². The number of carbonyl (C=O) groups is 2. The third kappa shape index (κ3) is 4.30. The molecule has 0 unspecified atom stereocenters. The summed E-state index contributed by atoms with van der Waals surface area (Å²) in [6.45, 7) is 1.27. The van der Waals surface area contributed by atoms with Crippen LogP contribution in [0, 0.1) is 0 Å². The molecule has 7 heteroatoms. The molecule has 2 amide bonds. The molecule has 0 bridgehead atoms. The predicted molar refractivity (Wildman–Crippen MR) is 86.9 cm³/mol. The first-order chi connectivity index (χ1) is 10.6. The first-order valence-electron chi connectivity index (χ1n) is 7.07. The largest absolute Gasteiger partial charge is 0.496 e. The molecule has 1 heterocycles. The highest BCUT2D eigenvalue weighted by Crippen LogP contribution is 2.21. The molecule has 22 heavy (non-hydrogen) atoms. The smallest absolute Gasteiger partial charge is 0.329 e. The Hall–Kier alpha value is -1.89. The molecule has 0 atom stereocenters. The Bertz CT molecular complexity index is 583. The molecule has 0 spiro atoms. The number of likely N-dealkylation sites (tertiary alicyclic amines) is 1. The minimum atomic E-state index is -0.716. The third-order valence-corrected chi connectivity index (χ3v) is 3.89. The Morgan fingerprint density at radius 1 is 1.32 bits per heavy atom. The lowest BCUT2D eigenvalue weighted by Crippen LogP contribution is -2.43. The second-order valence-corrected chi connectivity index (χ2v) is 5.85. The topological polar surface area (TPSA) is 71.0 Å². The van der Waals surface area contributed by atoms with Gasteiger partial charge in [-0.2, -0.15) is 5.10 Å². The van der Waals surface area contributed by atoms with Gasteiger partial charge in [0.2, 0.25) is 0 Å². The van der Waals surface area contributed by atoms with Gasteiger partial charge in [0.05, 0.1) is 13.3 Å². The molecule has 6 nitrogen and oxygen atoms in total. The fraction of sp³-hybridized carbons (Fsp3) is 0.400. The van der Waals surface area contributed by atoms with Crippen molar-refractivity contribution < 1.29 is 14.3 Å². The number of rotatable bonds is 3. The van der Waals surface area contributed by atoms with Crippen molar-refractivity contribution in [3.05, 3.63) is 28.2 Å². The van der Waals surface area contributed by atoms with Crippen LogP contribution < -0.4 is 10.2 Å². The van der Waals surface area contributed by atoms with Crippen molar-refractivity contribution >= 4 is 34.0 Å². The Balaban J connectivity index is 1.95. The molecule has 1 aliphatic heterocycles.